The zero-order chi connectivity index (χ0) is 14.6. The number of hydrogen-bond acceptors (Lipinski definition) is 3. The number of amides is 2. The second kappa shape index (κ2) is 5.94. The molecule has 0 spiro atoms. The summed E-state index contributed by atoms with van der Waals surface area (Å²) in [6.45, 7) is 0.446. The van der Waals surface area contributed by atoms with Crippen molar-refractivity contribution in [3.8, 4) is 0 Å². The van der Waals surface area contributed by atoms with Gasteiger partial charge in [0, 0.05) is 31.9 Å². The highest BCUT2D eigenvalue weighted by Crippen LogP contribution is 2.29. The third-order valence-corrected chi connectivity index (χ3v) is 3.81. The number of aromatic nitrogens is 2. The lowest BCUT2D eigenvalue weighted by Crippen LogP contribution is -2.55. The number of carboxylic acids is 1. The molecule has 2 amide bonds. The van der Waals surface area contributed by atoms with Gasteiger partial charge in [0.05, 0.1) is 0 Å². The van der Waals surface area contributed by atoms with Crippen LogP contribution in [0, 0.1) is 0 Å². The van der Waals surface area contributed by atoms with Gasteiger partial charge in [-0.05, 0) is 18.9 Å². The molecule has 7 heteroatoms. The summed E-state index contributed by atoms with van der Waals surface area (Å²) in [5.41, 5.74) is -0.0736. The monoisotopic (exact) mass is 280 g/mol. The van der Waals surface area contributed by atoms with E-state index in [0.29, 0.717) is 25.8 Å². The smallest absolute Gasteiger partial charge is 0.329 e. The van der Waals surface area contributed by atoms with Crippen LogP contribution in [0.1, 0.15) is 31.4 Å². The molecule has 2 rings (SSSR count). The minimum Gasteiger partial charge on any atom is -0.480 e. The third-order valence-electron chi connectivity index (χ3n) is 3.81. The average Bonchev–Trinajstić information content (AvgIpc) is 3.00. The first kappa shape index (κ1) is 14.4. The molecule has 20 heavy (non-hydrogen) atoms. The highest BCUT2D eigenvalue weighted by molar-refractivity contribution is 5.86. The van der Waals surface area contributed by atoms with Crippen LogP contribution in [0.4, 0.5) is 4.79 Å². The quantitative estimate of drug-likeness (QED) is 0.738. The van der Waals surface area contributed by atoms with E-state index in [1.165, 1.54) is 0 Å². The molecule has 0 bridgehead atoms. The molecule has 1 fully saturated rings. The van der Waals surface area contributed by atoms with Gasteiger partial charge >= 0.3 is 12.0 Å². The molecule has 0 saturated heterocycles. The van der Waals surface area contributed by atoms with Gasteiger partial charge in [0.1, 0.15) is 5.54 Å². The van der Waals surface area contributed by atoms with E-state index < -0.39 is 17.5 Å². The molecule has 1 aromatic heterocycles. The molecule has 0 radical (unpaired) electrons. The van der Waals surface area contributed by atoms with E-state index in [4.69, 9.17) is 0 Å². The van der Waals surface area contributed by atoms with Crippen LogP contribution in [0.25, 0.3) is 0 Å². The standard InChI is InChI=1S/C13H20N4O3/c1-17-10(5-9-15-17)4-8-14-12(20)16-13(11(18)19)6-2-3-7-13/h5,9H,2-4,6-8H2,1H3,(H,18,19)(H2,14,16,20). The molecule has 1 saturated carbocycles. The Kier molecular flexibility index (Phi) is 4.26. The highest BCUT2D eigenvalue weighted by Gasteiger charge is 2.42. The maximum Gasteiger partial charge on any atom is 0.329 e. The predicted octanol–water partition coefficient (Wildman–Crippen LogP) is 0.659. The lowest BCUT2D eigenvalue weighted by Gasteiger charge is -2.25. The molecule has 0 aromatic carbocycles. The van der Waals surface area contributed by atoms with Crippen molar-refractivity contribution in [1.29, 1.82) is 0 Å². The molecule has 7 nitrogen and oxygen atoms in total. The Morgan fingerprint density at radius 2 is 2.15 bits per heavy atom. The van der Waals surface area contributed by atoms with E-state index in [-0.39, 0.29) is 0 Å². The summed E-state index contributed by atoms with van der Waals surface area (Å²) in [5, 5.41) is 18.6. The fraction of sp³-hybridized carbons (Fsp3) is 0.615. The number of nitrogens with one attached hydrogen (secondary N) is 2. The minimum atomic E-state index is -1.09. The van der Waals surface area contributed by atoms with Crippen molar-refractivity contribution in [1.82, 2.24) is 20.4 Å². The first-order valence-corrected chi connectivity index (χ1v) is 6.80. The van der Waals surface area contributed by atoms with Crippen LogP contribution < -0.4 is 10.6 Å². The Morgan fingerprint density at radius 1 is 1.45 bits per heavy atom. The van der Waals surface area contributed by atoms with Gasteiger partial charge in [-0.1, -0.05) is 12.8 Å². The first-order valence-electron chi connectivity index (χ1n) is 6.80. The summed E-state index contributed by atoms with van der Waals surface area (Å²) >= 11 is 0. The zero-order valence-corrected chi connectivity index (χ0v) is 11.6. The number of carbonyl (C=O) groups is 2. The van der Waals surface area contributed by atoms with E-state index in [1.807, 2.05) is 13.1 Å². The molecule has 0 atom stereocenters. The molecule has 1 aromatic rings. The third kappa shape index (κ3) is 3.09. The summed E-state index contributed by atoms with van der Waals surface area (Å²) in [7, 11) is 1.84. The van der Waals surface area contributed by atoms with Crippen molar-refractivity contribution in [2.45, 2.75) is 37.6 Å². The maximum absolute atomic E-state index is 11.8. The Bertz CT molecular complexity index is 492. The topological polar surface area (TPSA) is 96.3 Å². The van der Waals surface area contributed by atoms with Crippen molar-refractivity contribution < 1.29 is 14.7 Å². The van der Waals surface area contributed by atoms with Crippen LogP contribution in [0.2, 0.25) is 0 Å². The Balaban J connectivity index is 1.80. The molecular weight excluding hydrogens is 260 g/mol. The Hall–Kier alpha value is -2.05. The Labute approximate surface area is 117 Å². The van der Waals surface area contributed by atoms with Crippen LogP contribution in [0.5, 0.6) is 0 Å². The van der Waals surface area contributed by atoms with Gasteiger partial charge in [0.25, 0.3) is 0 Å². The zero-order valence-electron chi connectivity index (χ0n) is 11.6. The van der Waals surface area contributed by atoms with Crippen molar-refractivity contribution in [2.75, 3.05) is 6.54 Å². The van der Waals surface area contributed by atoms with Gasteiger partial charge < -0.3 is 15.7 Å². The summed E-state index contributed by atoms with van der Waals surface area (Å²) in [5.74, 6) is -0.947. The van der Waals surface area contributed by atoms with Crippen molar-refractivity contribution in [3.63, 3.8) is 0 Å². The molecule has 1 aliphatic carbocycles. The molecule has 0 aliphatic heterocycles. The van der Waals surface area contributed by atoms with Gasteiger partial charge in [-0.2, -0.15) is 5.10 Å². The van der Waals surface area contributed by atoms with E-state index in [0.717, 1.165) is 18.5 Å². The summed E-state index contributed by atoms with van der Waals surface area (Å²) in [4.78, 5) is 23.1. The fourth-order valence-corrected chi connectivity index (χ4v) is 2.58. The van der Waals surface area contributed by atoms with Gasteiger partial charge in [0.15, 0.2) is 0 Å². The molecule has 1 aliphatic rings. The number of rotatable bonds is 5. The van der Waals surface area contributed by atoms with Crippen molar-refractivity contribution in [2.24, 2.45) is 7.05 Å². The second-order valence-electron chi connectivity index (χ2n) is 5.17. The van der Waals surface area contributed by atoms with Crippen molar-refractivity contribution in [3.05, 3.63) is 18.0 Å². The van der Waals surface area contributed by atoms with Gasteiger partial charge in [-0.3, -0.25) is 4.68 Å². The minimum absolute atomic E-state index is 0.420. The van der Waals surface area contributed by atoms with E-state index in [9.17, 15) is 14.7 Å². The summed E-state index contributed by atoms with van der Waals surface area (Å²) < 4.78 is 1.75. The predicted molar refractivity (Wildman–Crippen MR) is 72.3 cm³/mol. The normalized spacial score (nSPS) is 16.9. The molecule has 3 N–H and O–H groups in total. The first-order chi connectivity index (χ1) is 9.53. The molecule has 110 valence electrons. The Morgan fingerprint density at radius 3 is 2.70 bits per heavy atom. The van der Waals surface area contributed by atoms with Crippen molar-refractivity contribution >= 4 is 12.0 Å². The van der Waals surface area contributed by atoms with Crippen LogP contribution in [-0.4, -0.2) is 39.0 Å². The number of carbonyl (C=O) groups excluding carboxylic acids is 1. The van der Waals surface area contributed by atoms with Crippen LogP contribution >= 0.6 is 0 Å². The van der Waals surface area contributed by atoms with Gasteiger partial charge in [0.2, 0.25) is 0 Å². The number of aryl methyl sites for hydroxylation is 1. The van der Waals surface area contributed by atoms with E-state index in [1.54, 1.807) is 10.9 Å². The number of aliphatic carboxylic acids is 1. The van der Waals surface area contributed by atoms with Gasteiger partial charge in [-0.15, -0.1) is 0 Å². The van der Waals surface area contributed by atoms with Crippen LogP contribution in [-0.2, 0) is 18.3 Å². The number of carboxylic acid groups (broad SMARTS) is 1. The summed E-state index contributed by atoms with van der Waals surface area (Å²) in [6.07, 6.45) is 5.02. The number of urea groups is 1. The largest absolute Gasteiger partial charge is 0.480 e. The number of hydrogen-bond donors (Lipinski definition) is 3. The highest BCUT2D eigenvalue weighted by atomic mass is 16.4. The van der Waals surface area contributed by atoms with Crippen LogP contribution in [0.15, 0.2) is 12.3 Å². The fourth-order valence-electron chi connectivity index (χ4n) is 2.58. The molecular formula is C13H20N4O3. The van der Waals surface area contributed by atoms with Gasteiger partial charge in [-0.25, -0.2) is 9.59 Å². The molecule has 1 heterocycles. The lowest BCUT2D eigenvalue weighted by atomic mass is 9.98. The maximum atomic E-state index is 11.8. The van der Waals surface area contributed by atoms with E-state index >= 15 is 0 Å². The SMILES string of the molecule is Cn1nccc1CCNC(=O)NC1(C(=O)O)CCCC1. The van der Waals surface area contributed by atoms with Crippen LogP contribution in [0.3, 0.4) is 0 Å². The average molecular weight is 280 g/mol. The molecule has 0 unspecified atom stereocenters. The summed E-state index contributed by atoms with van der Waals surface area (Å²) in [6, 6.07) is 1.46. The van der Waals surface area contributed by atoms with E-state index in [2.05, 4.69) is 15.7 Å². The number of nitrogens with zero attached hydrogens (tertiary/aromatic N) is 2. The second-order valence-corrected chi connectivity index (χ2v) is 5.17. The lowest BCUT2D eigenvalue weighted by molar-refractivity contribution is -0.144.